The maximum atomic E-state index is 13.2. The second kappa shape index (κ2) is 6.09. The fraction of sp³-hybridized carbons (Fsp3) is 0.250. The molecule has 3 rings (SSSR count). The molecule has 0 bridgehead atoms. The minimum absolute atomic E-state index is 0.00974. The Kier molecular flexibility index (Phi) is 4.19. The highest BCUT2D eigenvalue weighted by atomic mass is 127. The molecule has 21 heavy (non-hydrogen) atoms. The number of halogens is 2. The van der Waals surface area contributed by atoms with Gasteiger partial charge in [0.05, 0.1) is 0 Å². The van der Waals surface area contributed by atoms with Gasteiger partial charge in [0.1, 0.15) is 5.82 Å². The van der Waals surface area contributed by atoms with Crippen LogP contribution in [-0.2, 0) is 4.79 Å². The minimum atomic E-state index is -0.261. The SMILES string of the molecule is O=C1CC[C@H]([C@@H](c2ccc(F)cc2)c2ccc(I)cn2)N1. The van der Waals surface area contributed by atoms with E-state index in [0.717, 1.165) is 21.2 Å². The molecule has 0 spiro atoms. The van der Waals surface area contributed by atoms with Gasteiger partial charge in [0.2, 0.25) is 5.91 Å². The van der Waals surface area contributed by atoms with Gasteiger partial charge in [0, 0.05) is 33.8 Å². The summed E-state index contributed by atoms with van der Waals surface area (Å²) in [6.45, 7) is 0. The molecule has 3 nitrogen and oxygen atoms in total. The number of rotatable bonds is 3. The lowest BCUT2D eigenvalue weighted by atomic mass is 9.87. The second-order valence-electron chi connectivity index (χ2n) is 5.14. The molecular weight excluding hydrogens is 382 g/mol. The quantitative estimate of drug-likeness (QED) is 0.810. The summed E-state index contributed by atoms with van der Waals surface area (Å²) in [5.74, 6) is -0.241. The predicted octanol–water partition coefficient (Wildman–Crippen LogP) is 3.24. The predicted molar refractivity (Wildman–Crippen MR) is 86.4 cm³/mol. The van der Waals surface area contributed by atoms with Crippen molar-refractivity contribution in [2.24, 2.45) is 0 Å². The minimum Gasteiger partial charge on any atom is -0.352 e. The van der Waals surface area contributed by atoms with E-state index in [2.05, 4.69) is 32.9 Å². The number of carbonyl (C=O) groups excluding carboxylic acids is 1. The largest absolute Gasteiger partial charge is 0.352 e. The van der Waals surface area contributed by atoms with Crippen LogP contribution in [-0.4, -0.2) is 16.9 Å². The molecule has 0 saturated carbocycles. The van der Waals surface area contributed by atoms with Crippen molar-refractivity contribution in [3.8, 4) is 0 Å². The Balaban J connectivity index is 1.99. The summed E-state index contributed by atoms with van der Waals surface area (Å²) in [4.78, 5) is 16.0. The topological polar surface area (TPSA) is 42.0 Å². The molecule has 2 heterocycles. The highest BCUT2D eigenvalue weighted by molar-refractivity contribution is 14.1. The lowest BCUT2D eigenvalue weighted by Crippen LogP contribution is -2.32. The number of benzene rings is 1. The number of nitrogens with zero attached hydrogens (tertiary/aromatic N) is 1. The highest BCUT2D eigenvalue weighted by Gasteiger charge is 2.31. The van der Waals surface area contributed by atoms with Crippen LogP contribution in [0.2, 0.25) is 0 Å². The molecule has 5 heteroatoms. The average Bonchev–Trinajstić information content (AvgIpc) is 2.90. The number of carbonyl (C=O) groups is 1. The molecule has 2 aromatic rings. The third-order valence-corrected chi connectivity index (χ3v) is 4.37. The summed E-state index contributed by atoms with van der Waals surface area (Å²) >= 11 is 2.21. The van der Waals surface area contributed by atoms with Crippen LogP contribution in [0.4, 0.5) is 4.39 Å². The number of hydrogen-bond donors (Lipinski definition) is 1. The molecular formula is C16H14FIN2O. The van der Waals surface area contributed by atoms with E-state index in [9.17, 15) is 9.18 Å². The van der Waals surface area contributed by atoms with Gasteiger partial charge in [-0.15, -0.1) is 0 Å². The molecule has 1 N–H and O–H groups in total. The van der Waals surface area contributed by atoms with Crippen LogP contribution in [0.15, 0.2) is 42.6 Å². The fourth-order valence-corrected chi connectivity index (χ4v) is 3.06. The van der Waals surface area contributed by atoms with Crippen LogP contribution in [0.1, 0.15) is 30.0 Å². The lowest BCUT2D eigenvalue weighted by Gasteiger charge is -2.23. The van der Waals surface area contributed by atoms with Gasteiger partial charge in [0.15, 0.2) is 0 Å². The Bertz CT molecular complexity index is 597. The van der Waals surface area contributed by atoms with Crippen LogP contribution in [0.5, 0.6) is 0 Å². The molecule has 1 amide bonds. The molecule has 0 aliphatic carbocycles. The first-order valence-corrected chi connectivity index (χ1v) is 7.87. The van der Waals surface area contributed by atoms with Gasteiger partial charge in [-0.05, 0) is 58.8 Å². The molecule has 1 aliphatic heterocycles. The molecule has 108 valence electrons. The van der Waals surface area contributed by atoms with Crippen LogP contribution in [0, 0.1) is 9.39 Å². The number of nitrogens with one attached hydrogen (secondary N) is 1. The first-order valence-electron chi connectivity index (χ1n) is 6.80. The van der Waals surface area contributed by atoms with Gasteiger partial charge >= 0.3 is 0 Å². The van der Waals surface area contributed by atoms with E-state index in [1.165, 1.54) is 12.1 Å². The maximum absolute atomic E-state index is 13.2. The average molecular weight is 396 g/mol. The molecule has 1 saturated heterocycles. The van der Waals surface area contributed by atoms with E-state index in [1.807, 2.05) is 18.3 Å². The first kappa shape index (κ1) is 14.4. The van der Waals surface area contributed by atoms with Crippen LogP contribution >= 0.6 is 22.6 Å². The van der Waals surface area contributed by atoms with Crippen molar-refractivity contribution in [2.75, 3.05) is 0 Å². The molecule has 1 fully saturated rings. The third kappa shape index (κ3) is 3.23. The third-order valence-electron chi connectivity index (χ3n) is 3.73. The Hall–Kier alpha value is -1.50. The van der Waals surface area contributed by atoms with Crippen molar-refractivity contribution >= 4 is 28.5 Å². The van der Waals surface area contributed by atoms with Gasteiger partial charge in [0.25, 0.3) is 0 Å². The van der Waals surface area contributed by atoms with Gasteiger partial charge in [-0.3, -0.25) is 9.78 Å². The van der Waals surface area contributed by atoms with E-state index in [-0.39, 0.29) is 23.7 Å². The highest BCUT2D eigenvalue weighted by Crippen LogP contribution is 2.31. The van der Waals surface area contributed by atoms with E-state index in [0.29, 0.717) is 6.42 Å². The normalized spacial score (nSPS) is 19.3. The van der Waals surface area contributed by atoms with Crippen molar-refractivity contribution in [1.82, 2.24) is 10.3 Å². The molecule has 0 radical (unpaired) electrons. The zero-order valence-corrected chi connectivity index (χ0v) is 13.4. The number of pyridine rings is 1. The van der Waals surface area contributed by atoms with E-state index in [4.69, 9.17) is 0 Å². The van der Waals surface area contributed by atoms with E-state index >= 15 is 0 Å². The smallest absolute Gasteiger partial charge is 0.220 e. The van der Waals surface area contributed by atoms with Crippen molar-refractivity contribution in [3.05, 3.63) is 63.2 Å². The molecule has 1 aliphatic rings. The molecule has 1 aromatic carbocycles. The monoisotopic (exact) mass is 396 g/mol. The van der Waals surface area contributed by atoms with E-state index < -0.39 is 0 Å². The molecule has 0 unspecified atom stereocenters. The maximum Gasteiger partial charge on any atom is 0.220 e. The van der Waals surface area contributed by atoms with Crippen molar-refractivity contribution in [1.29, 1.82) is 0 Å². The Morgan fingerprint density at radius 2 is 2.00 bits per heavy atom. The van der Waals surface area contributed by atoms with Crippen LogP contribution in [0.3, 0.4) is 0 Å². The molecule has 2 atom stereocenters. The summed E-state index contributed by atoms with van der Waals surface area (Å²) in [6.07, 6.45) is 3.12. The van der Waals surface area contributed by atoms with Crippen molar-refractivity contribution in [3.63, 3.8) is 0 Å². The summed E-state index contributed by atoms with van der Waals surface area (Å²) in [5, 5.41) is 3.01. The molecule has 1 aromatic heterocycles. The van der Waals surface area contributed by atoms with Crippen molar-refractivity contribution < 1.29 is 9.18 Å². The van der Waals surface area contributed by atoms with Gasteiger partial charge in [-0.25, -0.2) is 4.39 Å². The zero-order valence-electron chi connectivity index (χ0n) is 11.2. The first-order chi connectivity index (χ1) is 10.1. The summed E-state index contributed by atoms with van der Waals surface area (Å²) < 4.78 is 14.2. The van der Waals surface area contributed by atoms with Gasteiger partial charge in [-0.2, -0.15) is 0 Å². The number of hydrogen-bond acceptors (Lipinski definition) is 2. The summed E-state index contributed by atoms with van der Waals surface area (Å²) in [5.41, 5.74) is 1.87. The zero-order chi connectivity index (χ0) is 14.8. The van der Waals surface area contributed by atoms with Crippen LogP contribution < -0.4 is 5.32 Å². The van der Waals surface area contributed by atoms with Gasteiger partial charge < -0.3 is 5.32 Å². The standard InChI is InChI=1S/C16H14FIN2O/c17-11-3-1-10(2-4-11)16(14-7-8-15(21)20-14)13-6-5-12(18)9-19-13/h1-6,9,14,16H,7-8H2,(H,20,21)/t14-,16+/m1/s1. The number of aromatic nitrogens is 1. The van der Waals surface area contributed by atoms with E-state index in [1.54, 1.807) is 12.1 Å². The van der Waals surface area contributed by atoms with Gasteiger partial charge in [-0.1, -0.05) is 12.1 Å². The van der Waals surface area contributed by atoms with Crippen LogP contribution in [0.25, 0.3) is 0 Å². The fourth-order valence-electron chi connectivity index (χ4n) is 2.74. The Labute approximate surface area is 136 Å². The lowest BCUT2D eigenvalue weighted by molar-refractivity contribution is -0.119. The number of amides is 1. The summed E-state index contributed by atoms with van der Waals surface area (Å²) in [7, 11) is 0. The van der Waals surface area contributed by atoms with Crippen molar-refractivity contribution in [2.45, 2.75) is 24.8 Å². The summed E-state index contributed by atoms with van der Waals surface area (Å²) in [6, 6.07) is 10.4. The Morgan fingerprint density at radius 1 is 1.24 bits per heavy atom. The Morgan fingerprint density at radius 3 is 2.57 bits per heavy atom. The second-order valence-corrected chi connectivity index (χ2v) is 6.39.